The summed E-state index contributed by atoms with van der Waals surface area (Å²) in [6.07, 6.45) is 0. The van der Waals surface area contributed by atoms with E-state index in [0.29, 0.717) is 16.5 Å². The molecule has 5 heteroatoms. The molecule has 2 rings (SSSR count). The molecule has 0 unspecified atom stereocenters. The quantitative estimate of drug-likeness (QED) is 0.890. The Hall–Kier alpha value is -2.04. The summed E-state index contributed by atoms with van der Waals surface area (Å²) < 4.78 is 5.34. The Bertz CT molecular complexity index is 567. The van der Waals surface area contributed by atoms with Gasteiger partial charge in [-0.05, 0) is 42.0 Å². The van der Waals surface area contributed by atoms with E-state index in [9.17, 15) is 4.79 Å². The van der Waals surface area contributed by atoms with Gasteiger partial charge in [0.05, 0.1) is 6.61 Å². The predicted octanol–water partition coefficient (Wildman–Crippen LogP) is 2.85. The number of carbonyl (C=O) groups is 1. The van der Waals surface area contributed by atoms with Crippen LogP contribution in [-0.2, 0) is 11.4 Å². The van der Waals surface area contributed by atoms with Crippen molar-refractivity contribution < 1.29 is 14.6 Å². The Labute approximate surface area is 122 Å². The number of aliphatic hydroxyl groups excluding tert-OH is 1. The lowest BCUT2D eigenvalue weighted by molar-refractivity contribution is -0.118. The molecular weight excluding hydrogens is 278 g/mol. The molecule has 0 spiro atoms. The first-order valence-electron chi connectivity index (χ1n) is 6.05. The van der Waals surface area contributed by atoms with Crippen molar-refractivity contribution in [3.63, 3.8) is 0 Å². The average Bonchev–Trinajstić information content (AvgIpc) is 2.48. The van der Waals surface area contributed by atoms with Crippen LogP contribution in [0.15, 0.2) is 48.5 Å². The molecule has 104 valence electrons. The number of ether oxygens (including phenoxy) is 1. The van der Waals surface area contributed by atoms with Crippen molar-refractivity contribution in [1.82, 2.24) is 0 Å². The number of rotatable bonds is 5. The zero-order valence-corrected chi connectivity index (χ0v) is 11.4. The molecule has 0 radical (unpaired) electrons. The van der Waals surface area contributed by atoms with Gasteiger partial charge in [-0.15, -0.1) is 0 Å². The number of hydrogen-bond donors (Lipinski definition) is 2. The fraction of sp³-hybridized carbons (Fsp3) is 0.133. The molecule has 1 amide bonds. The highest BCUT2D eigenvalue weighted by atomic mass is 35.5. The first kappa shape index (κ1) is 14.4. The summed E-state index contributed by atoms with van der Waals surface area (Å²) in [6.45, 7) is -0.0988. The van der Waals surface area contributed by atoms with Gasteiger partial charge >= 0.3 is 0 Å². The number of halogens is 1. The topological polar surface area (TPSA) is 58.6 Å². The van der Waals surface area contributed by atoms with Crippen LogP contribution in [0.1, 0.15) is 5.56 Å². The summed E-state index contributed by atoms with van der Waals surface area (Å²) in [5, 5.41) is 12.2. The highest BCUT2D eigenvalue weighted by Crippen LogP contribution is 2.14. The summed E-state index contributed by atoms with van der Waals surface area (Å²) in [6, 6.07) is 13.7. The van der Waals surface area contributed by atoms with Crippen LogP contribution in [-0.4, -0.2) is 17.6 Å². The van der Waals surface area contributed by atoms with Gasteiger partial charge in [0.15, 0.2) is 6.61 Å². The van der Waals surface area contributed by atoms with Gasteiger partial charge < -0.3 is 15.2 Å². The van der Waals surface area contributed by atoms with Gasteiger partial charge in [0, 0.05) is 10.7 Å². The van der Waals surface area contributed by atoms with Crippen LogP contribution in [0.4, 0.5) is 5.69 Å². The molecular formula is C15H14ClNO3. The lowest BCUT2D eigenvalue weighted by atomic mass is 10.2. The summed E-state index contributed by atoms with van der Waals surface area (Å²) >= 11 is 5.76. The zero-order valence-electron chi connectivity index (χ0n) is 10.7. The van der Waals surface area contributed by atoms with Crippen LogP contribution in [0.3, 0.4) is 0 Å². The third-order valence-corrected chi connectivity index (χ3v) is 2.86. The van der Waals surface area contributed by atoms with Crippen LogP contribution in [0.2, 0.25) is 5.02 Å². The van der Waals surface area contributed by atoms with Gasteiger partial charge in [-0.2, -0.15) is 0 Å². The van der Waals surface area contributed by atoms with Crippen LogP contribution in [0.25, 0.3) is 0 Å². The lowest BCUT2D eigenvalue weighted by Crippen LogP contribution is -2.20. The standard InChI is InChI=1S/C15H14ClNO3/c16-12-3-5-13(6-4-12)17-15(19)10-20-14-7-1-11(9-18)2-8-14/h1-8,18H,9-10H2,(H,17,19). The molecule has 4 nitrogen and oxygen atoms in total. The number of hydrogen-bond acceptors (Lipinski definition) is 3. The molecule has 0 saturated carbocycles. The van der Waals surface area contributed by atoms with E-state index in [1.807, 2.05) is 0 Å². The second kappa shape index (κ2) is 6.93. The number of benzene rings is 2. The Kier molecular flexibility index (Phi) is 4.98. The minimum Gasteiger partial charge on any atom is -0.484 e. The summed E-state index contributed by atoms with van der Waals surface area (Å²) in [5.41, 5.74) is 1.46. The minimum atomic E-state index is -0.251. The lowest BCUT2D eigenvalue weighted by Gasteiger charge is -2.08. The molecule has 0 aromatic heterocycles. The fourth-order valence-electron chi connectivity index (χ4n) is 1.57. The second-order valence-corrected chi connectivity index (χ2v) is 4.58. The van der Waals surface area contributed by atoms with E-state index in [2.05, 4.69) is 5.32 Å². The highest BCUT2D eigenvalue weighted by Gasteiger charge is 2.03. The van der Waals surface area contributed by atoms with Crippen LogP contribution < -0.4 is 10.1 Å². The SMILES string of the molecule is O=C(COc1ccc(CO)cc1)Nc1ccc(Cl)cc1. The number of amides is 1. The molecule has 20 heavy (non-hydrogen) atoms. The minimum absolute atomic E-state index is 0.0165. The van der Waals surface area contributed by atoms with E-state index in [0.717, 1.165) is 5.56 Å². The van der Waals surface area contributed by atoms with Gasteiger partial charge in [0.1, 0.15) is 5.75 Å². The van der Waals surface area contributed by atoms with Gasteiger partial charge in [-0.3, -0.25) is 4.79 Å². The first-order chi connectivity index (χ1) is 9.67. The van der Waals surface area contributed by atoms with Crippen molar-refractivity contribution in [2.75, 3.05) is 11.9 Å². The molecule has 2 aromatic rings. The predicted molar refractivity (Wildman–Crippen MR) is 77.9 cm³/mol. The molecule has 0 fully saturated rings. The molecule has 2 N–H and O–H groups in total. The molecule has 0 aliphatic carbocycles. The smallest absolute Gasteiger partial charge is 0.262 e. The first-order valence-corrected chi connectivity index (χ1v) is 6.43. The van der Waals surface area contributed by atoms with Crippen LogP contribution in [0, 0.1) is 0 Å². The highest BCUT2D eigenvalue weighted by molar-refractivity contribution is 6.30. The maximum atomic E-state index is 11.7. The van der Waals surface area contributed by atoms with Crippen LogP contribution >= 0.6 is 11.6 Å². The van der Waals surface area contributed by atoms with Gasteiger partial charge in [-0.25, -0.2) is 0 Å². The molecule has 2 aromatic carbocycles. The van der Waals surface area contributed by atoms with E-state index >= 15 is 0 Å². The largest absolute Gasteiger partial charge is 0.484 e. The third kappa shape index (κ3) is 4.26. The number of aliphatic hydroxyl groups is 1. The second-order valence-electron chi connectivity index (χ2n) is 4.15. The molecule has 0 atom stereocenters. The molecule has 0 aliphatic rings. The molecule has 0 heterocycles. The summed E-state index contributed by atoms with van der Waals surface area (Å²) in [7, 11) is 0. The van der Waals surface area contributed by atoms with E-state index in [4.69, 9.17) is 21.4 Å². The van der Waals surface area contributed by atoms with Gasteiger partial charge in [0.2, 0.25) is 0 Å². The van der Waals surface area contributed by atoms with E-state index in [1.165, 1.54) is 0 Å². The Morgan fingerprint density at radius 3 is 2.35 bits per heavy atom. The summed E-state index contributed by atoms with van der Waals surface area (Å²) in [4.78, 5) is 11.7. The van der Waals surface area contributed by atoms with Crippen molar-refractivity contribution >= 4 is 23.2 Å². The fourth-order valence-corrected chi connectivity index (χ4v) is 1.70. The Morgan fingerprint density at radius 2 is 1.75 bits per heavy atom. The van der Waals surface area contributed by atoms with Crippen molar-refractivity contribution in [3.8, 4) is 5.75 Å². The Balaban J connectivity index is 1.83. The number of anilines is 1. The molecule has 0 saturated heterocycles. The average molecular weight is 292 g/mol. The normalized spacial score (nSPS) is 10.1. The Morgan fingerprint density at radius 1 is 1.10 bits per heavy atom. The molecule has 0 aliphatic heterocycles. The van der Waals surface area contributed by atoms with Gasteiger partial charge in [0.25, 0.3) is 5.91 Å². The molecule has 0 bridgehead atoms. The number of nitrogens with one attached hydrogen (secondary N) is 1. The van der Waals surface area contributed by atoms with Crippen molar-refractivity contribution in [1.29, 1.82) is 0 Å². The third-order valence-electron chi connectivity index (χ3n) is 2.60. The maximum Gasteiger partial charge on any atom is 0.262 e. The van der Waals surface area contributed by atoms with Crippen LogP contribution in [0.5, 0.6) is 5.75 Å². The maximum absolute atomic E-state index is 11.7. The van der Waals surface area contributed by atoms with Gasteiger partial charge in [-0.1, -0.05) is 23.7 Å². The van der Waals surface area contributed by atoms with Crippen molar-refractivity contribution in [2.45, 2.75) is 6.61 Å². The van der Waals surface area contributed by atoms with Crippen molar-refractivity contribution in [3.05, 3.63) is 59.1 Å². The van der Waals surface area contributed by atoms with E-state index in [1.54, 1.807) is 48.5 Å². The monoisotopic (exact) mass is 291 g/mol. The zero-order chi connectivity index (χ0) is 14.4. The van der Waals surface area contributed by atoms with E-state index in [-0.39, 0.29) is 19.1 Å². The summed E-state index contributed by atoms with van der Waals surface area (Å²) in [5.74, 6) is 0.326. The van der Waals surface area contributed by atoms with E-state index < -0.39 is 0 Å². The number of carbonyl (C=O) groups excluding carboxylic acids is 1. The van der Waals surface area contributed by atoms with Crippen molar-refractivity contribution in [2.24, 2.45) is 0 Å².